The fourth-order valence-electron chi connectivity index (χ4n) is 0.997. The van der Waals surface area contributed by atoms with Crippen LogP contribution in [0.2, 0.25) is 0 Å². The first-order chi connectivity index (χ1) is 4.72. The summed E-state index contributed by atoms with van der Waals surface area (Å²) in [6, 6.07) is 0. The Kier molecular flexibility index (Phi) is 5.54. The van der Waals surface area contributed by atoms with Gasteiger partial charge in [-0.15, -0.1) is 0 Å². The standard InChI is InChI=1S/C6H9NO3.K/c8-5-4(6(9)10)2-1-3-7-5;/h4H,1-3H2,(H,7,8)(H,9,10);/q;+1/p-1. The van der Waals surface area contributed by atoms with Crippen molar-refractivity contribution in [2.24, 2.45) is 5.92 Å². The molecule has 1 amide bonds. The molecule has 1 atom stereocenters. The largest absolute Gasteiger partial charge is 1.00 e. The summed E-state index contributed by atoms with van der Waals surface area (Å²) in [7, 11) is 0. The van der Waals surface area contributed by atoms with Gasteiger partial charge in [0.2, 0.25) is 5.91 Å². The molecule has 4 nitrogen and oxygen atoms in total. The van der Waals surface area contributed by atoms with Crippen LogP contribution in [0.4, 0.5) is 0 Å². The Morgan fingerprint density at radius 3 is 2.64 bits per heavy atom. The fraction of sp³-hybridized carbons (Fsp3) is 0.667. The van der Waals surface area contributed by atoms with Crippen LogP contribution < -0.4 is 61.8 Å². The van der Waals surface area contributed by atoms with Crippen LogP contribution in [0.3, 0.4) is 0 Å². The molecule has 1 aliphatic rings. The van der Waals surface area contributed by atoms with E-state index in [1.807, 2.05) is 0 Å². The summed E-state index contributed by atoms with van der Waals surface area (Å²) in [6.45, 7) is 0.586. The van der Waals surface area contributed by atoms with Crippen molar-refractivity contribution in [1.29, 1.82) is 0 Å². The number of piperidine rings is 1. The van der Waals surface area contributed by atoms with Gasteiger partial charge in [0.15, 0.2) is 0 Å². The second-order valence-electron chi connectivity index (χ2n) is 2.30. The molecule has 0 spiro atoms. The summed E-state index contributed by atoms with van der Waals surface area (Å²) in [5.41, 5.74) is 0. The molecule has 0 bridgehead atoms. The molecule has 1 saturated heterocycles. The Hall–Kier alpha value is 0.576. The number of carboxylic acids is 1. The van der Waals surface area contributed by atoms with Gasteiger partial charge in [-0.1, -0.05) is 0 Å². The van der Waals surface area contributed by atoms with Crippen LogP contribution in [-0.2, 0) is 9.59 Å². The average Bonchev–Trinajstić information content (AvgIpc) is 1.88. The van der Waals surface area contributed by atoms with E-state index in [0.29, 0.717) is 13.0 Å². The number of nitrogens with one attached hydrogen (secondary N) is 1. The van der Waals surface area contributed by atoms with Crippen LogP contribution in [0.25, 0.3) is 0 Å². The predicted molar refractivity (Wildman–Crippen MR) is 30.7 cm³/mol. The van der Waals surface area contributed by atoms with Crippen LogP contribution in [0.15, 0.2) is 0 Å². The molecule has 1 N–H and O–H groups in total. The topological polar surface area (TPSA) is 69.2 Å². The third-order valence-electron chi connectivity index (χ3n) is 1.57. The Morgan fingerprint density at radius 2 is 2.27 bits per heavy atom. The van der Waals surface area contributed by atoms with Crippen molar-refractivity contribution in [3.05, 3.63) is 0 Å². The molecule has 5 heteroatoms. The molecule has 0 aliphatic carbocycles. The molecule has 1 unspecified atom stereocenters. The monoisotopic (exact) mass is 181 g/mol. The first-order valence-electron chi connectivity index (χ1n) is 3.20. The van der Waals surface area contributed by atoms with Gasteiger partial charge in [0.05, 0.1) is 11.9 Å². The van der Waals surface area contributed by atoms with Gasteiger partial charge in [-0.05, 0) is 12.8 Å². The zero-order valence-corrected chi connectivity index (χ0v) is 9.55. The Bertz CT molecular complexity index is 171. The molecule has 0 radical (unpaired) electrons. The number of rotatable bonds is 1. The minimum Gasteiger partial charge on any atom is -0.549 e. The molecule has 1 fully saturated rings. The van der Waals surface area contributed by atoms with Gasteiger partial charge in [-0.3, -0.25) is 4.79 Å². The van der Waals surface area contributed by atoms with Crippen LogP contribution in [0.1, 0.15) is 12.8 Å². The zero-order valence-electron chi connectivity index (χ0n) is 6.42. The van der Waals surface area contributed by atoms with E-state index in [0.717, 1.165) is 6.42 Å². The molecule has 1 heterocycles. The van der Waals surface area contributed by atoms with Crippen molar-refractivity contribution in [3.8, 4) is 0 Å². The molecular weight excluding hydrogens is 173 g/mol. The Labute approximate surface area is 107 Å². The van der Waals surface area contributed by atoms with Gasteiger partial charge in [0, 0.05) is 6.54 Å². The molecule has 0 aromatic carbocycles. The molecule has 0 aromatic rings. The molecule has 56 valence electrons. The van der Waals surface area contributed by atoms with E-state index >= 15 is 0 Å². The molecule has 1 aliphatic heterocycles. The summed E-state index contributed by atoms with van der Waals surface area (Å²) in [6.07, 6.45) is 1.14. The summed E-state index contributed by atoms with van der Waals surface area (Å²) in [5.74, 6) is -2.60. The predicted octanol–water partition coefficient (Wildman–Crippen LogP) is -4.73. The third kappa shape index (κ3) is 3.21. The van der Waals surface area contributed by atoms with Crippen LogP contribution in [-0.4, -0.2) is 18.4 Å². The van der Waals surface area contributed by atoms with E-state index in [1.54, 1.807) is 0 Å². The Morgan fingerprint density at radius 1 is 1.64 bits per heavy atom. The Balaban J connectivity index is 0.000001000. The molecule has 1 rings (SSSR count). The summed E-state index contributed by atoms with van der Waals surface area (Å²) >= 11 is 0. The fourth-order valence-corrected chi connectivity index (χ4v) is 0.997. The smallest absolute Gasteiger partial charge is 0.549 e. The van der Waals surface area contributed by atoms with Crippen LogP contribution >= 0.6 is 0 Å². The van der Waals surface area contributed by atoms with E-state index in [2.05, 4.69) is 5.32 Å². The second kappa shape index (κ2) is 5.26. The van der Waals surface area contributed by atoms with Gasteiger partial charge < -0.3 is 15.2 Å². The molecule has 0 aromatic heterocycles. The maximum absolute atomic E-state index is 10.7. The van der Waals surface area contributed by atoms with Crippen LogP contribution in [0, 0.1) is 5.92 Å². The van der Waals surface area contributed by atoms with Crippen molar-refractivity contribution in [3.63, 3.8) is 0 Å². The number of carbonyl (C=O) groups excluding carboxylic acids is 2. The number of hydrogen-bond donors (Lipinski definition) is 1. The summed E-state index contributed by atoms with van der Waals surface area (Å²) < 4.78 is 0. The quantitative estimate of drug-likeness (QED) is 0.326. The third-order valence-corrected chi connectivity index (χ3v) is 1.57. The average molecular weight is 181 g/mol. The normalized spacial score (nSPS) is 23.3. The van der Waals surface area contributed by atoms with Gasteiger partial charge in [0.1, 0.15) is 0 Å². The van der Waals surface area contributed by atoms with E-state index < -0.39 is 17.8 Å². The maximum Gasteiger partial charge on any atom is 1.00 e. The molecular formula is C6H8KNO3. The molecule has 11 heavy (non-hydrogen) atoms. The summed E-state index contributed by atoms with van der Waals surface area (Å²) in [4.78, 5) is 20.9. The number of carboxylic acid groups (broad SMARTS) is 1. The SMILES string of the molecule is O=C([O-])C1CCCNC1=O.[K+]. The van der Waals surface area contributed by atoms with Crippen LogP contribution in [0.5, 0.6) is 0 Å². The van der Waals surface area contributed by atoms with E-state index in [1.165, 1.54) is 0 Å². The molecule has 0 saturated carbocycles. The van der Waals surface area contributed by atoms with E-state index in [9.17, 15) is 14.7 Å². The van der Waals surface area contributed by atoms with Crippen molar-refractivity contribution >= 4 is 11.9 Å². The van der Waals surface area contributed by atoms with Gasteiger partial charge in [-0.25, -0.2) is 0 Å². The van der Waals surface area contributed by atoms with Gasteiger partial charge in [-0.2, -0.15) is 0 Å². The van der Waals surface area contributed by atoms with Crippen molar-refractivity contribution in [1.82, 2.24) is 5.32 Å². The minimum atomic E-state index is -1.27. The van der Waals surface area contributed by atoms with Crippen molar-refractivity contribution in [2.45, 2.75) is 12.8 Å². The minimum absolute atomic E-state index is 0. The number of aliphatic carboxylic acids is 1. The van der Waals surface area contributed by atoms with E-state index in [4.69, 9.17) is 0 Å². The number of amides is 1. The van der Waals surface area contributed by atoms with Crippen molar-refractivity contribution < 1.29 is 66.1 Å². The maximum atomic E-state index is 10.7. The zero-order chi connectivity index (χ0) is 7.56. The second-order valence-corrected chi connectivity index (χ2v) is 2.30. The van der Waals surface area contributed by atoms with Gasteiger partial charge >= 0.3 is 51.4 Å². The first-order valence-corrected chi connectivity index (χ1v) is 3.20. The summed E-state index contributed by atoms with van der Waals surface area (Å²) in [5, 5.41) is 12.6. The van der Waals surface area contributed by atoms with E-state index in [-0.39, 0.29) is 51.4 Å². The van der Waals surface area contributed by atoms with Gasteiger partial charge in [0.25, 0.3) is 0 Å². The number of hydrogen-bond acceptors (Lipinski definition) is 3. The van der Waals surface area contributed by atoms with Crippen molar-refractivity contribution in [2.75, 3.05) is 6.54 Å². The first kappa shape index (κ1) is 11.6. The number of carbonyl (C=O) groups is 2.